The standard InChI is InChI=1S/C13H14F3NO6S/c1-20-11-4-3-8(5-12(11)21-2)10-6-9(23-17-10)7-22-24(18,19)13(14,15)16/h3-5,9H,6-7H2,1-2H3/t9-/m1/s1. The predicted octanol–water partition coefficient (Wildman–Crippen LogP) is 2.06. The van der Waals surface area contributed by atoms with Crippen molar-refractivity contribution in [2.75, 3.05) is 20.8 Å². The van der Waals surface area contributed by atoms with Gasteiger partial charge >= 0.3 is 15.6 Å². The molecule has 0 unspecified atom stereocenters. The van der Waals surface area contributed by atoms with Crippen LogP contribution in [0.3, 0.4) is 0 Å². The van der Waals surface area contributed by atoms with Gasteiger partial charge in [-0.1, -0.05) is 5.16 Å². The van der Waals surface area contributed by atoms with E-state index in [1.807, 2.05) is 0 Å². The van der Waals surface area contributed by atoms with E-state index in [9.17, 15) is 21.6 Å². The van der Waals surface area contributed by atoms with Gasteiger partial charge in [0.05, 0.1) is 19.9 Å². The molecule has 1 aromatic rings. The van der Waals surface area contributed by atoms with Crippen LogP contribution in [-0.2, 0) is 19.1 Å². The maximum Gasteiger partial charge on any atom is 0.523 e. The summed E-state index contributed by atoms with van der Waals surface area (Å²) in [5, 5.41) is 3.75. The SMILES string of the molecule is COc1ccc(C2=NO[C@@H](COS(=O)(=O)C(F)(F)F)C2)cc1OC. The summed E-state index contributed by atoms with van der Waals surface area (Å²) in [4.78, 5) is 4.92. The molecule has 0 N–H and O–H groups in total. The quantitative estimate of drug-likeness (QED) is 0.564. The maximum absolute atomic E-state index is 12.2. The van der Waals surface area contributed by atoms with Crippen LogP contribution < -0.4 is 9.47 Å². The Bertz CT molecular complexity index is 732. The monoisotopic (exact) mass is 369 g/mol. The number of rotatable bonds is 6. The summed E-state index contributed by atoms with van der Waals surface area (Å²) < 4.78 is 72.5. The lowest BCUT2D eigenvalue weighted by Gasteiger charge is -2.11. The molecule has 7 nitrogen and oxygen atoms in total. The fourth-order valence-electron chi connectivity index (χ4n) is 1.94. The smallest absolute Gasteiger partial charge is 0.493 e. The number of nitrogens with zero attached hydrogens (tertiary/aromatic N) is 1. The Hall–Kier alpha value is -2.01. The molecule has 134 valence electrons. The first kappa shape index (κ1) is 18.3. The molecule has 1 aromatic carbocycles. The highest BCUT2D eigenvalue weighted by Gasteiger charge is 2.47. The van der Waals surface area contributed by atoms with Crippen LogP contribution in [0.2, 0.25) is 0 Å². The number of benzene rings is 1. The Morgan fingerprint density at radius 1 is 1.25 bits per heavy atom. The molecule has 0 spiro atoms. The van der Waals surface area contributed by atoms with E-state index in [1.165, 1.54) is 14.2 Å². The van der Waals surface area contributed by atoms with Crippen molar-refractivity contribution in [3.8, 4) is 11.5 Å². The second kappa shape index (κ2) is 6.85. The Kier molecular flexibility index (Phi) is 5.23. The van der Waals surface area contributed by atoms with Crippen LogP contribution in [0.1, 0.15) is 12.0 Å². The molecular formula is C13H14F3NO6S. The molecule has 0 fully saturated rings. The number of hydrogen-bond donors (Lipinski definition) is 0. The van der Waals surface area contributed by atoms with Crippen molar-refractivity contribution in [3.63, 3.8) is 0 Å². The molecule has 0 saturated heterocycles. The zero-order valence-electron chi connectivity index (χ0n) is 12.7. The fraction of sp³-hybridized carbons (Fsp3) is 0.462. The molecule has 0 aliphatic carbocycles. The second-order valence-corrected chi connectivity index (χ2v) is 6.33. The lowest BCUT2D eigenvalue weighted by Crippen LogP contribution is -2.29. The van der Waals surface area contributed by atoms with Gasteiger partial charge in [0, 0.05) is 12.0 Å². The minimum absolute atomic E-state index is 0.0862. The van der Waals surface area contributed by atoms with E-state index in [2.05, 4.69) is 9.34 Å². The summed E-state index contributed by atoms with van der Waals surface area (Å²) in [5.74, 6) is 0.939. The lowest BCUT2D eigenvalue weighted by molar-refractivity contribution is -0.0575. The molecule has 1 heterocycles. The van der Waals surface area contributed by atoms with Crippen molar-refractivity contribution in [1.29, 1.82) is 0 Å². The van der Waals surface area contributed by atoms with Gasteiger partial charge in [-0.3, -0.25) is 4.18 Å². The molecule has 0 saturated carbocycles. The molecule has 1 aliphatic heterocycles. The molecule has 2 rings (SSSR count). The molecule has 0 radical (unpaired) electrons. The number of halogens is 3. The first-order valence-electron chi connectivity index (χ1n) is 6.58. The third-order valence-corrected chi connectivity index (χ3v) is 4.16. The van der Waals surface area contributed by atoms with E-state index < -0.39 is 28.3 Å². The largest absolute Gasteiger partial charge is 0.523 e. The predicted molar refractivity (Wildman–Crippen MR) is 76.5 cm³/mol. The van der Waals surface area contributed by atoms with Crippen LogP contribution in [0.5, 0.6) is 11.5 Å². The molecule has 24 heavy (non-hydrogen) atoms. The van der Waals surface area contributed by atoms with Gasteiger partial charge in [-0.05, 0) is 18.2 Å². The summed E-state index contributed by atoms with van der Waals surface area (Å²) in [6.07, 6.45) is -0.853. The van der Waals surface area contributed by atoms with Gasteiger partial charge in [-0.2, -0.15) is 21.6 Å². The van der Waals surface area contributed by atoms with Crippen LogP contribution in [0, 0.1) is 0 Å². The van der Waals surface area contributed by atoms with E-state index in [0.717, 1.165) is 0 Å². The summed E-state index contributed by atoms with van der Waals surface area (Å²) in [7, 11) is -2.73. The van der Waals surface area contributed by atoms with Crippen molar-refractivity contribution in [3.05, 3.63) is 23.8 Å². The van der Waals surface area contributed by atoms with Gasteiger partial charge in [-0.15, -0.1) is 0 Å². The summed E-state index contributed by atoms with van der Waals surface area (Å²) >= 11 is 0. The molecule has 0 bridgehead atoms. The molecule has 1 aliphatic rings. The average molecular weight is 369 g/mol. The molecule has 11 heteroatoms. The van der Waals surface area contributed by atoms with E-state index in [-0.39, 0.29) is 6.42 Å². The maximum atomic E-state index is 12.2. The van der Waals surface area contributed by atoms with Crippen LogP contribution in [0.25, 0.3) is 0 Å². The first-order chi connectivity index (χ1) is 11.2. The summed E-state index contributed by atoms with van der Waals surface area (Å²) in [6, 6.07) is 4.92. The Morgan fingerprint density at radius 3 is 2.50 bits per heavy atom. The number of hydrogen-bond acceptors (Lipinski definition) is 7. The average Bonchev–Trinajstić information content (AvgIpc) is 3.00. The highest BCUT2D eigenvalue weighted by molar-refractivity contribution is 7.87. The highest BCUT2D eigenvalue weighted by atomic mass is 32.2. The van der Waals surface area contributed by atoms with Gasteiger partial charge in [0.1, 0.15) is 6.61 Å². The van der Waals surface area contributed by atoms with Gasteiger partial charge < -0.3 is 14.3 Å². The van der Waals surface area contributed by atoms with Crippen LogP contribution in [0.4, 0.5) is 13.2 Å². The van der Waals surface area contributed by atoms with Crippen molar-refractivity contribution in [2.45, 2.75) is 18.0 Å². The minimum atomic E-state index is -5.65. The summed E-state index contributed by atoms with van der Waals surface area (Å²) in [5.41, 5.74) is -4.44. The number of oxime groups is 1. The number of methoxy groups -OCH3 is 2. The molecule has 0 aromatic heterocycles. The van der Waals surface area contributed by atoms with Crippen molar-refractivity contribution in [1.82, 2.24) is 0 Å². The zero-order chi connectivity index (χ0) is 18.0. The van der Waals surface area contributed by atoms with Gasteiger partial charge in [0.15, 0.2) is 17.6 Å². The second-order valence-electron chi connectivity index (χ2n) is 4.72. The Balaban J connectivity index is 2.01. The highest BCUT2D eigenvalue weighted by Crippen LogP contribution is 2.30. The van der Waals surface area contributed by atoms with Gasteiger partial charge in [0.2, 0.25) is 0 Å². The number of ether oxygens (including phenoxy) is 2. The minimum Gasteiger partial charge on any atom is -0.493 e. The third-order valence-electron chi connectivity index (χ3n) is 3.14. The van der Waals surface area contributed by atoms with Gasteiger partial charge in [0.25, 0.3) is 0 Å². The Labute approximate surface area is 136 Å². The zero-order valence-corrected chi connectivity index (χ0v) is 13.5. The lowest BCUT2D eigenvalue weighted by atomic mass is 10.0. The van der Waals surface area contributed by atoms with E-state index in [0.29, 0.717) is 22.8 Å². The molecule has 1 atom stereocenters. The fourth-order valence-corrected chi connectivity index (χ4v) is 2.40. The van der Waals surface area contributed by atoms with Gasteiger partial charge in [-0.25, -0.2) is 0 Å². The third kappa shape index (κ3) is 3.90. The normalized spacial score (nSPS) is 18.0. The van der Waals surface area contributed by atoms with Crippen molar-refractivity contribution in [2.24, 2.45) is 5.16 Å². The first-order valence-corrected chi connectivity index (χ1v) is 7.99. The Morgan fingerprint density at radius 2 is 1.92 bits per heavy atom. The van der Waals surface area contributed by atoms with Crippen LogP contribution in [-0.4, -0.2) is 46.6 Å². The summed E-state index contributed by atoms with van der Waals surface area (Å²) in [6.45, 7) is -0.790. The molecular weight excluding hydrogens is 355 g/mol. The topological polar surface area (TPSA) is 83.4 Å². The number of alkyl halides is 3. The van der Waals surface area contributed by atoms with E-state index in [4.69, 9.17) is 14.3 Å². The van der Waals surface area contributed by atoms with Crippen LogP contribution >= 0.6 is 0 Å². The molecule has 0 amide bonds. The van der Waals surface area contributed by atoms with E-state index >= 15 is 0 Å². The van der Waals surface area contributed by atoms with Crippen molar-refractivity contribution >= 4 is 15.8 Å². The van der Waals surface area contributed by atoms with E-state index in [1.54, 1.807) is 18.2 Å². The van der Waals surface area contributed by atoms with Crippen LogP contribution in [0.15, 0.2) is 23.4 Å². The van der Waals surface area contributed by atoms with Crippen molar-refractivity contribution < 1.29 is 40.1 Å².